The third kappa shape index (κ3) is 2.25. The second kappa shape index (κ2) is 4.80. The maximum absolute atomic E-state index is 12.2. The third-order valence-electron chi connectivity index (χ3n) is 3.47. The highest BCUT2D eigenvalue weighted by Gasteiger charge is 2.27. The maximum Gasteiger partial charge on any atom is 0.235 e. The van der Waals surface area contributed by atoms with E-state index in [1.165, 1.54) is 0 Å². The van der Waals surface area contributed by atoms with Crippen molar-refractivity contribution >= 4 is 42.4 Å². The molecular formula is C14H14BrNO2S. The van der Waals surface area contributed by atoms with Gasteiger partial charge in [0.05, 0.1) is 11.4 Å². The van der Waals surface area contributed by atoms with Crippen LogP contribution in [0, 0.1) is 0 Å². The predicted molar refractivity (Wildman–Crippen MR) is 82.0 cm³/mol. The molecule has 0 amide bonds. The number of benzene rings is 2. The Labute approximate surface area is 121 Å². The summed E-state index contributed by atoms with van der Waals surface area (Å²) in [4.78, 5) is 0. The van der Waals surface area contributed by atoms with Gasteiger partial charge >= 0.3 is 0 Å². The van der Waals surface area contributed by atoms with Crippen LogP contribution in [0.1, 0.15) is 12.8 Å². The number of sulfonamides is 1. The smallest absolute Gasteiger partial charge is 0.235 e. The van der Waals surface area contributed by atoms with Crippen molar-refractivity contribution in [2.24, 2.45) is 0 Å². The molecule has 1 saturated heterocycles. The zero-order chi connectivity index (χ0) is 13.5. The highest BCUT2D eigenvalue weighted by molar-refractivity contribution is 9.10. The Bertz CT molecular complexity index is 727. The van der Waals surface area contributed by atoms with Crippen molar-refractivity contribution in [3.05, 3.63) is 40.9 Å². The predicted octanol–water partition coefficient (Wildman–Crippen LogP) is 3.53. The van der Waals surface area contributed by atoms with Gasteiger partial charge in [0.15, 0.2) is 0 Å². The molecule has 0 aliphatic carbocycles. The molecule has 1 heterocycles. The van der Waals surface area contributed by atoms with Gasteiger partial charge in [0.2, 0.25) is 10.0 Å². The van der Waals surface area contributed by atoms with Gasteiger partial charge in [-0.05, 0) is 30.4 Å². The summed E-state index contributed by atoms with van der Waals surface area (Å²) in [6.45, 7) is 0.577. The molecule has 0 N–H and O–H groups in total. The zero-order valence-corrected chi connectivity index (χ0v) is 12.7. The average molecular weight is 340 g/mol. The van der Waals surface area contributed by atoms with E-state index in [1.54, 1.807) is 4.31 Å². The van der Waals surface area contributed by atoms with Crippen molar-refractivity contribution in [1.82, 2.24) is 0 Å². The van der Waals surface area contributed by atoms with Crippen LogP contribution in [0.2, 0.25) is 0 Å². The molecule has 0 radical (unpaired) electrons. The molecule has 0 bridgehead atoms. The summed E-state index contributed by atoms with van der Waals surface area (Å²) in [6, 6.07) is 11.7. The van der Waals surface area contributed by atoms with Crippen LogP contribution in [0.15, 0.2) is 40.9 Å². The van der Waals surface area contributed by atoms with Crippen molar-refractivity contribution < 1.29 is 8.42 Å². The van der Waals surface area contributed by atoms with Crippen molar-refractivity contribution in [2.45, 2.75) is 12.8 Å². The first-order valence-electron chi connectivity index (χ1n) is 6.27. The number of hydrogen-bond donors (Lipinski definition) is 0. The van der Waals surface area contributed by atoms with E-state index in [0.29, 0.717) is 6.54 Å². The second-order valence-electron chi connectivity index (χ2n) is 4.71. The summed E-state index contributed by atoms with van der Waals surface area (Å²) in [6.07, 6.45) is 1.68. The highest BCUT2D eigenvalue weighted by atomic mass is 79.9. The van der Waals surface area contributed by atoms with Crippen LogP contribution in [0.3, 0.4) is 0 Å². The maximum atomic E-state index is 12.2. The first-order chi connectivity index (χ1) is 9.09. The van der Waals surface area contributed by atoms with E-state index in [1.807, 2.05) is 36.4 Å². The van der Waals surface area contributed by atoms with Crippen molar-refractivity contribution in [3.63, 3.8) is 0 Å². The molecule has 1 fully saturated rings. The molecule has 1 aliphatic heterocycles. The largest absolute Gasteiger partial charge is 0.270 e. The quantitative estimate of drug-likeness (QED) is 0.796. The Morgan fingerprint density at radius 1 is 1.00 bits per heavy atom. The van der Waals surface area contributed by atoms with Crippen LogP contribution in [0.4, 0.5) is 5.69 Å². The van der Waals surface area contributed by atoms with Gasteiger partial charge < -0.3 is 0 Å². The summed E-state index contributed by atoms with van der Waals surface area (Å²) in [5, 5.41) is 2.02. The number of anilines is 1. The fraction of sp³-hybridized carbons (Fsp3) is 0.286. The van der Waals surface area contributed by atoms with Crippen LogP contribution in [-0.4, -0.2) is 20.7 Å². The molecule has 2 aromatic carbocycles. The van der Waals surface area contributed by atoms with E-state index < -0.39 is 10.0 Å². The Morgan fingerprint density at radius 2 is 1.74 bits per heavy atom. The van der Waals surface area contributed by atoms with Gasteiger partial charge in [0, 0.05) is 16.4 Å². The highest BCUT2D eigenvalue weighted by Crippen LogP contribution is 2.34. The van der Waals surface area contributed by atoms with Gasteiger partial charge in [0.1, 0.15) is 0 Å². The molecule has 5 heteroatoms. The van der Waals surface area contributed by atoms with Crippen LogP contribution < -0.4 is 4.31 Å². The van der Waals surface area contributed by atoms with Crippen LogP contribution >= 0.6 is 15.9 Å². The van der Waals surface area contributed by atoms with Gasteiger partial charge in [-0.3, -0.25) is 4.31 Å². The first kappa shape index (κ1) is 12.9. The standard InChI is InChI=1S/C14H14BrNO2S/c15-13-7-8-14(12-6-2-1-5-11(12)13)16-9-3-4-10-19(16,17)18/h1-2,5-8H,3-4,9-10H2. The minimum absolute atomic E-state index is 0.247. The van der Waals surface area contributed by atoms with Crippen LogP contribution in [0.25, 0.3) is 10.8 Å². The van der Waals surface area contributed by atoms with Gasteiger partial charge in [-0.15, -0.1) is 0 Å². The Kier molecular flexibility index (Phi) is 3.27. The fourth-order valence-electron chi connectivity index (χ4n) is 2.52. The SMILES string of the molecule is O=S1(=O)CCCCN1c1ccc(Br)c2ccccc12. The molecular weight excluding hydrogens is 326 g/mol. The number of nitrogens with zero attached hydrogens (tertiary/aromatic N) is 1. The van der Waals surface area contributed by atoms with Crippen molar-refractivity contribution in [2.75, 3.05) is 16.6 Å². The van der Waals surface area contributed by atoms with E-state index in [9.17, 15) is 8.42 Å². The zero-order valence-electron chi connectivity index (χ0n) is 10.3. The Balaban J connectivity index is 2.23. The monoisotopic (exact) mass is 339 g/mol. The second-order valence-corrected chi connectivity index (χ2v) is 7.57. The van der Waals surface area contributed by atoms with Gasteiger partial charge in [-0.1, -0.05) is 40.2 Å². The average Bonchev–Trinajstić information content (AvgIpc) is 2.40. The van der Waals surface area contributed by atoms with E-state index in [-0.39, 0.29) is 5.75 Å². The lowest BCUT2D eigenvalue weighted by Gasteiger charge is -2.29. The topological polar surface area (TPSA) is 37.4 Å². The fourth-order valence-corrected chi connectivity index (χ4v) is 4.66. The molecule has 1 aliphatic rings. The number of fused-ring (bicyclic) bond motifs is 1. The number of rotatable bonds is 1. The molecule has 0 unspecified atom stereocenters. The van der Waals surface area contributed by atoms with Gasteiger partial charge in [-0.2, -0.15) is 0 Å². The summed E-state index contributed by atoms with van der Waals surface area (Å²) in [5.74, 6) is 0.247. The van der Waals surface area contributed by atoms with E-state index in [0.717, 1.165) is 33.8 Å². The van der Waals surface area contributed by atoms with Crippen molar-refractivity contribution in [3.8, 4) is 0 Å². The molecule has 19 heavy (non-hydrogen) atoms. The van der Waals surface area contributed by atoms with Crippen molar-refractivity contribution in [1.29, 1.82) is 0 Å². The normalized spacial score (nSPS) is 18.7. The summed E-state index contributed by atoms with van der Waals surface area (Å²) < 4.78 is 27.0. The molecule has 0 atom stereocenters. The molecule has 100 valence electrons. The lowest BCUT2D eigenvalue weighted by atomic mass is 10.1. The molecule has 2 aromatic rings. The molecule has 3 rings (SSSR count). The summed E-state index contributed by atoms with van der Waals surface area (Å²) >= 11 is 3.52. The van der Waals surface area contributed by atoms with Crippen LogP contribution in [-0.2, 0) is 10.0 Å². The minimum Gasteiger partial charge on any atom is -0.270 e. The summed E-state index contributed by atoms with van der Waals surface area (Å²) in [7, 11) is -3.16. The molecule has 0 saturated carbocycles. The lowest BCUT2D eigenvalue weighted by Crippen LogP contribution is -2.37. The molecule has 0 spiro atoms. The van der Waals surface area contributed by atoms with Gasteiger partial charge in [0.25, 0.3) is 0 Å². The lowest BCUT2D eigenvalue weighted by molar-refractivity contribution is 0.575. The van der Waals surface area contributed by atoms with E-state index >= 15 is 0 Å². The van der Waals surface area contributed by atoms with E-state index in [2.05, 4.69) is 15.9 Å². The Morgan fingerprint density at radius 3 is 2.47 bits per heavy atom. The summed E-state index contributed by atoms with van der Waals surface area (Å²) in [5.41, 5.74) is 0.790. The van der Waals surface area contributed by atoms with E-state index in [4.69, 9.17) is 0 Å². The van der Waals surface area contributed by atoms with Crippen LogP contribution in [0.5, 0.6) is 0 Å². The number of hydrogen-bond acceptors (Lipinski definition) is 2. The minimum atomic E-state index is -3.16. The number of halogens is 1. The Hall–Kier alpha value is -1.07. The molecule has 3 nitrogen and oxygen atoms in total. The third-order valence-corrected chi connectivity index (χ3v) is 6.01. The van der Waals surface area contributed by atoms with Gasteiger partial charge in [-0.25, -0.2) is 8.42 Å². The molecule has 0 aromatic heterocycles. The first-order valence-corrected chi connectivity index (χ1v) is 8.67.